The van der Waals surface area contributed by atoms with Gasteiger partial charge in [0.2, 0.25) is 0 Å². The number of nitrogens with zero attached hydrogens (tertiary/aromatic N) is 3. The molecule has 2 N–H and O–H groups in total. The second-order valence-electron chi connectivity index (χ2n) is 7.33. The highest BCUT2D eigenvalue weighted by atomic mass is 127. The van der Waals surface area contributed by atoms with Crippen molar-refractivity contribution in [1.82, 2.24) is 10.2 Å². The second kappa shape index (κ2) is 13.2. The average molecular weight is 554 g/mol. The van der Waals surface area contributed by atoms with E-state index in [0.29, 0.717) is 19.0 Å². The van der Waals surface area contributed by atoms with Crippen LogP contribution in [0.1, 0.15) is 19.4 Å². The molecule has 0 saturated carbocycles. The number of benzene rings is 2. The predicted octanol–water partition coefficient (Wildman–Crippen LogP) is 3.75. The Kier molecular flexibility index (Phi) is 10.7. The Balaban J connectivity index is 0.00000363. The minimum atomic E-state index is 0. The molecule has 2 aromatic rings. The smallest absolute Gasteiger partial charge is 0.193 e. The van der Waals surface area contributed by atoms with Crippen LogP contribution in [0, 0.1) is 0 Å². The summed E-state index contributed by atoms with van der Waals surface area (Å²) in [5.41, 5.74) is 2.09. The molecule has 1 fully saturated rings. The van der Waals surface area contributed by atoms with Gasteiger partial charge in [-0.15, -0.1) is 24.0 Å². The average Bonchev–Trinajstić information content (AvgIpc) is 2.79. The van der Waals surface area contributed by atoms with E-state index >= 15 is 0 Å². The van der Waals surface area contributed by atoms with Crippen molar-refractivity contribution in [2.75, 3.05) is 57.9 Å². The molecule has 7 nitrogen and oxygen atoms in total. The van der Waals surface area contributed by atoms with Gasteiger partial charge in [-0.2, -0.15) is 0 Å². The molecule has 0 aromatic heterocycles. The van der Waals surface area contributed by atoms with Crippen LogP contribution < -0.4 is 19.7 Å². The molecule has 1 aliphatic heterocycles. The lowest BCUT2D eigenvalue weighted by Gasteiger charge is -2.37. The maximum Gasteiger partial charge on any atom is 0.193 e. The third kappa shape index (κ3) is 6.82. The first-order valence-corrected chi connectivity index (χ1v) is 11.0. The molecule has 0 spiro atoms. The number of piperazine rings is 1. The van der Waals surface area contributed by atoms with Crippen LogP contribution in [-0.2, 0) is 6.42 Å². The third-order valence-corrected chi connectivity index (χ3v) is 5.32. The number of phenolic OH excluding ortho intramolecular Hbond substituents is 1. The molecule has 0 amide bonds. The Morgan fingerprint density at radius 1 is 1.00 bits per heavy atom. The second-order valence-corrected chi connectivity index (χ2v) is 7.33. The molecule has 1 heterocycles. The standard InChI is InChI=1S/C24H34N4O3.HI/c1-4-30-22-11-10-19(18-23(22)31-5-2)12-13-26-24(25-3)28-16-14-27(15-17-28)20-8-6-7-9-21(20)29;/h6-11,18,29H,4-5,12-17H2,1-3H3,(H,25,26);1H. The van der Waals surface area contributed by atoms with E-state index in [9.17, 15) is 5.11 Å². The van der Waals surface area contributed by atoms with Crippen LogP contribution in [0.3, 0.4) is 0 Å². The molecule has 1 saturated heterocycles. The Hall–Kier alpha value is -2.36. The number of anilines is 1. The summed E-state index contributed by atoms with van der Waals surface area (Å²) in [7, 11) is 1.82. The van der Waals surface area contributed by atoms with Crippen LogP contribution in [-0.4, -0.2) is 69.0 Å². The van der Waals surface area contributed by atoms with Gasteiger partial charge in [-0.05, 0) is 50.1 Å². The van der Waals surface area contributed by atoms with Crippen molar-refractivity contribution in [3.8, 4) is 17.2 Å². The molecule has 2 aromatic carbocycles. The van der Waals surface area contributed by atoms with Gasteiger partial charge in [0.1, 0.15) is 5.75 Å². The van der Waals surface area contributed by atoms with Gasteiger partial charge < -0.3 is 29.7 Å². The van der Waals surface area contributed by atoms with E-state index in [2.05, 4.69) is 32.2 Å². The number of guanidine groups is 1. The lowest BCUT2D eigenvalue weighted by Crippen LogP contribution is -2.52. The largest absolute Gasteiger partial charge is 0.506 e. The van der Waals surface area contributed by atoms with Gasteiger partial charge in [-0.1, -0.05) is 18.2 Å². The maximum atomic E-state index is 10.1. The van der Waals surface area contributed by atoms with E-state index in [1.807, 2.05) is 45.2 Å². The van der Waals surface area contributed by atoms with Crippen LogP contribution in [0.4, 0.5) is 5.69 Å². The predicted molar refractivity (Wildman–Crippen MR) is 141 cm³/mol. The summed E-state index contributed by atoms with van der Waals surface area (Å²) in [5.74, 6) is 2.83. The lowest BCUT2D eigenvalue weighted by atomic mass is 10.1. The summed E-state index contributed by atoms with van der Waals surface area (Å²) in [5, 5.41) is 13.6. The first-order valence-electron chi connectivity index (χ1n) is 11.0. The lowest BCUT2D eigenvalue weighted by molar-refractivity contribution is 0.287. The monoisotopic (exact) mass is 554 g/mol. The quantitative estimate of drug-likeness (QED) is 0.295. The molecule has 0 unspecified atom stereocenters. The summed E-state index contributed by atoms with van der Waals surface area (Å²) in [6.07, 6.45) is 0.864. The molecular formula is C24H35IN4O3. The van der Waals surface area contributed by atoms with Gasteiger partial charge in [-0.25, -0.2) is 0 Å². The molecule has 0 bridgehead atoms. The molecule has 0 atom stereocenters. The fourth-order valence-corrected chi connectivity index (χ4v) is 3.79. The number of nitrogens with one attached hydrogen (secondary N) is 1. The van der Waals surface area contributed by atoms with Gasteiger partial charge in [0.15, 0.2) is 17.5 Å². The molecule has 176 valence electrons. The number of hydrogen-bond acceptors (Lipinski definition) is 5. The Morgan fingerprint density at radius 3 is 2.34 bits per heavy atom. The number of aliphatic imine (C=N–C) groups is 1. The molecular weight excluding hydrogens is 519 g/mol. The van der Waals surface area contributed by atoms with E-state index in [1.54, 1.807) is 6.07 Å². The fraction of sp³-hybridized carbons (Fsp3) is 0.458. The number of ether oxygens (including phenoxy) is 2. The molecule has 3 rings (SSSR count). The summed E-state index contributed by atoms with van der Waals surface area (Å²) in [6, 6.07) is 13.6. The number of para-hydroxylation sites is 2. The number of aromatic hydroxyl groups is 1. The first-order chi connectivity index (χ1) is 15.2. The zero-order valence-corrected chi connectivity index (χ0v) is 21.5. The normalized spacial score (nSPS) is 14.0. The van der Waals surface area contributed by atoms with Crippen LogP contribution in [0.2, 0.25) is 0 Å². The van der Waals surface area contributed by atoms with Gasteiger partial charge in [0.05, 0.1) is 18.9 Å². The van der Waals surface area contributed by atoms with Crippen molar-refractivity contribution in [1.29, 1.82) is 0 Å². The Bertz CT molecular complexity index is 870. The van der Waals surface area contributed by atoms with Crippen molar-refractivity contribution in [2.24, 2.45) is 4.99 Å². The minimum Gasteiger partial charge on any atom is -0.506 e. The van der Waals surface area contributed by atoms with E-state index in [1.165, 1.54) is 5.56 Å². The summed E-state index contributed by atoms with van der Waals surface area (Å²) in [6.45, 7) is 9.36. The van der Waals surface area contributed by atoms with Crippen molar-refractivity contribution < 1.29 is 14.6 Å². The zero-order chi connectivity index (χ0) is 22.1. The number of rotatable bonds is 8. The minimum absolute atomic E-state index is 0. The number of halogens is 1. The van der Waals surface area contributed by atoms with E-state index in [4.69, 9.17) is 9.47 Å². The van der Waals surface area contributed by atoms with Gasteiger partial charge >= 0.3 is 0 Å². The SMILES string of the molecule is CCOc1ccc(CCNC(=NC)N2CCN(c3ccccc3O)CC2)cc1OCC.I. The van der Waals surface area contributed by atoms with Gasteiger partial charge in [-0.3, -0.25) is 4.99 Å². The van der Waals surface area contributed by atoms with Crippen LogP contribution in [0.25, 0.3) is 0 Å². The number of hydrogen-bond donors (Lipinski definition) is 2. The van der Waals surface area contributed by atoms with Crippen LogP contribution in [0.5, 0.6) is 17.2 Å². The fourth-order valence-electron chi connectivity index (χ4n) is 3.79. The summed E-state index contributed by atoms with van der Waals surface area (Å²) >= 11 is 0. The highest BCUT2D eigenvalue weighted by Crippen LogP contribution is 2.29. The number of phenols is 1. The summed E-state index contributed by atoms with van der Waals surface area (Å²) in [4.78, 5) is 8.94. The molecule has 0 radical (unpaired) electrons. The van der Waals surface area contributed by atoms with Crippen LogP contribution >= 0.6 is 24.0 Å². The molecule has 1 aliphatic rings. The summed E-state index contributed by atoms with van der Waals surface area (Å²) < 4.78 is 11.4. The zero-order valence-electron chi connectivity index (χ0n) is 19.2. The van der Waals surface area contributed by atoms with Crippen molar-refractivity contribution in [2.45, 2.75) is 20.3 Å². The van der Waals surface area contributed by atoms with Gasteiger partial charge in [0.25, 0.3) is 0 Å². The molecule has 8 heteroatoms. The van der Waals surface area contributed by atoms with Crippen molar-refractivity contribution in [3.63, 3.8) is 0 Å². The van der Waals surface area contributed by atoms with Crippen molar-refractivity contribution in [3.05, 3.63) is 48.0 Å². The Morgan fingerprint density at radius 2 is 1.69 bits per heavy atom. The molecule has 32 heavy (non-hydrogen) atoms. The van der Waals surface area contributed by atoms with Crippen LogP contribution in [0.15, 0.2) is 47.5 Å². The van der Waals surface area contributed by atoms with E-state index < -0.39 is 0 Å². The topological polar surface area (TPSA) is 69.6 Å². The third-order valence-electron chi connectivity index (χ3n) is 5.32. The maximum absolute atomic E-state index is 10.1. The highest BCUT2D eigenvalue weighted by molar-refractivity contribution is 14.0. The van der Waals surface area contributed by atoms with E-state index in [-0.39, 0.29) is 24.0 Å². The van der Waals surface area contributed by atoms with Gasteiger partial charge in [0, 0.05) is 39.8 Å². The Labute approximate surface area is 208 Å². The highest BCUT2D eigenvalue weighted by Gasteiger charge is 2.21. The molecule has 0 aliphatic carbocycles. The van der Waals surface area contributed by atoms with Crippen molar-refractivity contribution >= 4 is 35.6 Å². The van der Waals surface area contributed by atoms with E-state index in [0.717, 1.165) is 62.3 Å². The first kappa shape index (κ1) is 25.9.